The Morgan fingerprint density at radius 2 is 1.96 bits per heavy atom. The number of hydrogen-bond donors (Lipinski definition) is 1. The van der Waals surface area contributed by atoms with Gasteiger partial charge < -0.3 is 19.7 Å². The van der Waals surface area contributed by atoms with E-state index in [-0.39, 0.29) is 17.9 Å². The number of alkyl halides is 1. The summed E-state index contributed by atoms with van der Waals surface area (Å²) in [5, 5.41) is 2.98. The molecule has 0 aromatic heterocycles. The van der Waals surface area contributed by atoms with Crippen LogP contribution in [0.15, 0.2) is 18.2 Å². The second-order valence-corrected chi connectivity index (χ2v) is 6.96. The summed E-state index contributed by atoms with van der Waals surface area (Å²) in [5.74, 6) is 1.87. The molecule has 1 aromatic rings. The lowest BCUT2D eigenvalue weighted by molar-refractivity contribution is -0.132. The Labute approximate surface area is 166 Å². The van der Waals surface area contributed by atoms with Gasteiger partial charge in [0.2, 0.25) is 11.8 Å². The lowest BCUT2D eigenvalue weighted by Crippen LogP contribution is -2.46. The zero-order chi connectivity index (χ0) is 19.6. The van der Waals surface area contributed by atoms with Crippen molar-refractivity contribution < 1.29 is 19.1 Å². The molecular formula is C20H29ClN2O4. The summed E-state index contributed by atoms with van der Waals surface area (Å²) in [7, 11) is 1.61. The molecule has 6 nitrogen and oxygen atoms in total. The molecule has 0 spiro atoms. The number of nitrogens with zero attached hydrogens (tertiary/aromatic N) is 1. The highest BCUT2D eigenvalue weighted by molar-refractivity contribution is 6.18. The number of hydrogen-bond acceptors (Lipinski definition) is 4. The van der Waals surface area contributed by atoms with E-state index in [9.17, 15) is 9.59 Å². The van der Waals surface area contributed by atoms with Crippen LogP contribution in [0.4, 0.5) is 0 Å². The van der Waals surface area contributed by atoms with E-state index in [1.54, 1.807) is 7.11 Å². The van der Waals surface area contributed by atoms with Crippen LogP contribution in [0.25, 0.3) is 0 Å². The number of nitrogens with one attached hydrogen (secondary N) is 1. The molecule has 1 aliphatic heterocycles. The molecule has 0 radical (unpaired) electrons. The molecule has 0 unspecified atom stereocenters. The summed E-state index contributed by atoms with van der Waals surface area (Å²) in [6.45, 7) is 3.86. The maximum absolute atomic E-state index is 12.5. The van der Waals surface area contributed by atoms with Crippen LogP contribution in [0.5, 0.6) is 11.5 Å². The Hall–Kier alpha value is -1.95. The number of rotatable bonds is 9. The molecule has 0 atom stereocenters. The third kappa shape index (κ3) is 6.61. The number of carbonyl (C=O) groups excluding carboxylic acids is 2. The van der Waals surface area contributed by atoms with Crippen LogP contribution in [0.3, 0.4) is 0 Å². The molecule has 1 saturated heterocycles. The lowest BCUT2D eigenvalue weighted by atomic mass is 10.0. The summed E-state index contributed by atoms with van der Waals surface area (Å²) in [6, 6.07) is 5.92. The normalized spacial score (nSPS) is 14.7. The van der Waals surface area contributed by atoms with Crippen molar-refractivity contribution in [1.29, 1.82) is 0 Å². The van der Waals surface area contributed by atoms with Crippen molar-refractivity contribution in [3.8, 4) is 11.5 Å². The molecule has 150 valence electrons. The first-order valence-electron chi connectivity index (χ1n) is 9.50. The van der Waals surface area contributed by atoms with Gasteiger partial charge in [0.25, 0.3) is 0 Å². The van der Waals surface area contributed by atoms with Crippen molar-refractivity contribution in [3.63, 3.8) is 0 Å². The van der Waals surface area contributed by atoms with Gasteiger partial charge in [-0.15, -0.1) is 11.6 Å². The number of ether oxygens (including phenoxy) is 2. The fourth-order valence-corrected chi connectivity index (χ4v) is 3.38. The standard InChI is InChI=1S/C20H29ClN2O4/c1-3-27-17-6-4-15(14-18(17)26-2)5-7-20(25)23-12-9-16(10-13-23)22-19(24)8-11-21/h4,6,14,16H,3,5,7-13H2,1-2H3,(H,22,24). The quantitative estimate of drug-likeness (QED) is 0.652. The molecular weight excluding hydrogens is 368 g/mol. The van der Waals surface area contributed by atoms with Gasteiger partial charge in [0.1, 0.15) is 0 Å². The Morgan fingerprint density at radius 1 is 1.22 bits per heavy atom. The Bertz CT molecular complexity index is 630. The van der Waals surface area contributed by atoms with Crippen LogP contribution in [0, 0.1) is 0 Å². The van der Waals surface area contributed by atoms with E-state index in [0.29, 0.717) is 56.3 Å². The van der Waals surface area contributed by atoms with Crippen LogP contribution in [-0.4, -0.2) is 55.4 Å². The zero-order valence-electron chi connectivity index (χ0n) is 16.1. The van der Waals surface area contributed by atoms with E-state index in [4.69, 9.17) is 21.1 Å². The molecule has 1 fully saturated rings. The predicted octanol–water partition coefficient (Wildman–Crippen LogP) is 2.76. The van der Waals surface area contributed by atoms with Crippen molar-refractivity contribution in [2.24, 2.45) is 0 Å². The minimum Gasteiger partial charge on any atom is -0.493 e. The predicted molar refractivity (Wildman–Crippen MR) is 106 cm³/mol. The van der Waals surface area contributed by atoms with Gasteiger partial charge >= 0.3 is 0 Å². The van der Waals surface area contributed by atoms with E-state index >= 15 is 0 Å². The smallest absolute Gasteiger partial charge is 0.222 e. The fraction of sp³-hybridized carbons (Fsp3) is 0.600. The number of methoxy groups -OCH3 is 1. The third-order valence-electron chi connectivity index (χ3n) is 4.69. The molecule has 0 bridgehead atoms. The average molecular weight is 397 g/mol. The molecule has 2 rings (SSSR count). The summed E-state index contributed by atoms with van der Waals surface area (Å²) in [6.07, 6.45) is 3.04. The van der Waals surface area contributed by atoms with Gasteiger partial charge in [-0.25, -0.2) is 0 Å². The van der Waals surface area contributed by atoms with Crippen LogP contribution in [0.1, 0.15) is 38.2 Å². The summed E-state index contributed by atoms with van der Waals surface area (Å²) >= 11 is 5.58. The number of halogens is 1. The van der Waals surface area contributed by atoms with Gasteiger partial charge in [-0.2, -0.15) is 0 Å². The first-order valence-corrected chi connectivity index (χ1v) is 10.0. The molecule has 27 heavy (non-hydrogen) atoms. The maximum Gasteiger partial charge on any atom is 0.222 e. The number of carbonyl (C=O) groups is 2. The monoisotopic (exact) mass is 396 g/mol. The fourth-order valence-electron chi connectivity index (χ4n) is 3.21. The van der Waals surface area contributed by atoms with Crippen molar-refractivity contribution in [2.45, 2.75) is 45.1 Å². The molecule has 1 aromatic carbocycles. The number of amides is 2. The SMILES string of the molecule is CCOc1ccc(CCC(=O)N2CCC(NC(=O)CCCl)CC2)cc1OC. The Kier molecular flexibility index (Phi) is 8.72. The third-order valence-corrected chi connectivity index (χ3v) is 4.88. The molecule has 1 N–H and O–H groups in total. The Balaban J connectivity index is 1.79. The number of likely N-dealkylation sites (tertiary alicyclic amines) is 1. The first kappa shape index (κ1) is 21.4. The molecule has 1 aliphatic rings. The van der Waals surface area contributed by atoms with Crippen LogP contribution < -0.4 is 14.8 Å². The highest BCUT2D eigenvalue weighted by Crippen LogP contribution is 2.28. The van der Waals surface area contributed by atoms with Crippen molar-refractivity contribution >= 4 is 23.4 Å². The second-order valence-electron chi connectivity index (χ2n) is 6.58. The van der Waals surface area contributed by atoms with Gasteiger partial charge in [-0.3, -0.25) is 9.59 Å². The second kappa shape index (κ2) is 11.0. The molecule has 1 heterocycles. The topological polar surface area (TPSA) is 67.9 Å². The van der Waals surface area contributed by atoms with Gasteiger partial charge in [0.15, 0.2) is 11.5 Å². The number of piperidine rings is 1. The van der Waals surface area contributed by atoms with E-state index in [0.717, 1.165) is 18.4 Å². The van der Waals surface area contributed by atoms with Crippen LogP contribution in [-0.2, 0) is 16.0 Å². The van der Waals surface area contributed by atoms with Gasteiger partial charge in [0.05, 0.1) is 13.7 Å². The molecule has 2 amide bonds. The Morgan fingerprint density at radius 3 is 2.59 bits per heavy atom. The summed E-state index contributed by atoms with van der Waals surface area (Å²) in [4.78, 5) is 26.0. The average Bonchev–Trinajstić information content (AvgIpc) is 2.68. The van der Waals surface area contributed by atoms with Crippen LogP contribution in [0.2, 0.25) is 0 Å². The highest BCUT2D eigenvalue weighted by Gasteiger charge is 2.23. The largest absolute Gasteiger partial charge is 0.493 e. The van der Waals surface area contributed by atoms with Crippen molar-refractivity contribution in [1.82, 2.24) is 10.2 Å². The van der Waals surface area contributed by atoms with Crippen molar-refractivity contribution in [2.75, 3.05) is 32.7 Å². The van der Waals surface area contributed by atoms with Gasteiger partial charge in [-0.1, -0.05) is 6.07 Å². The van der Waals surface area contributed by atoms with E-state index < -0.39 is 0 Å². The minimum atomic E-state index is -0.0146. The number of benzene rings is 1. The molecule has 0 saturated carbocycles. The molecule has 0 aliphatic carbocycles. The van der Waals surface area contributed by atoms with E-state index in [1.165, 1.54) is 0 Å². The minimum absolute atomic E-state index is 0.0146. The zero-order valence-corrected chi connectivity index (χ0v) is 16.9. The first-order chi connectivity index (χ1) is 13.1. The van der Waals surface area contributed by atoms with E-state index in [1.807, 2.05) is 30.0 Å². The van der Waals surface area contributed by atoms with Gasteiger partial charge in [-0.05, 0) is 43.9 Å². The molecule has 7 heteroatoms. The van der Waals surface area contributed by atoms with Crippen molar-refractivity contribution in [3.05, 3.63) is 23.8 Å². The van der Waals surface area contributed by atoms with Crippen LogP contribution >= 0.6 is 11.6 Å². The van der Waals surface area contributed by atoms with E-state index in [2.05, 4.69) is 5.32 Å². The lowest BCUT2D eigenvalue weighted by Gasteiger charge is -2.32. The van der Waals surface area contributed by atoms with Gasteiger partial charge in [0, 0.05) is 37.9 Å². The number of aryl methyl sites for hydroxylation is 1. The summed E-state index contributed by atoms with van der Waals surface area (Å²) in [5.41, 5.74) is 1.05. The highest BCUT2D eigenvalue weighted by atomic mass is 35.5. The summed E-state index contributed by atoms with van der Waals surface area (Å²) < 4.78 is 10.9. The maximum atomic E-state index is 12.5.